The topological polar surface area (TPSA) is 26.3 Å². The van der Waals surface area contributed by atoms with E-state index in [1.807, 2.05) is 48.5 Å². The van der Waals surface area contributed by atoms with Gasteiger partial charge in [0, 0.05) is 37.5 Å². The lowest BCUT2D eigenvalue weighted by Gasteiger charge is -2.12. The Balaban J connectivity index is 2.42. The van der Waals surface area contributed by atoms with Crippen LogP contribution in [0, 0.1) is 6.92 Å². The second-order valence-corrected chi connectivity index (χ2v) is 8.30. The maximum atomic E-state index is 13.5. The summed E-state index contributed by atoms with van der Waals surface area (Å²) in [5.74, 6) is 0.788. The van der Waals surface area contributed by atoms with Gasteiger partial charge in [-0.3, -0.25) is 4.79 Å². The van der Waals surface area contributed by atoms with Gasteiger partial charge in [0.1, 0.15) is 5.75 Å². The second kappa shape index (κ2) is 7.52. The molecule has 134 valence electrons. The molecule has 0 aliphatic carbocycles. The van der Waals surface area contributed by atoms with Gasteiger partial charge in [-0.15, -0.1) is 0 Å². The molecular formula is C23H17IO2S. The highest BCUT2D eigenvalue weighted by atomic mass is 127. The second-order valence-electron chi connectivity index (χ2n) is 6.41. The summed E-state index contributed by atoms with van der Waals surface area (Å²) in [6.45, 7) is 2.05. The molecule has 0 aliphatic rings. The third-order valence-corrected chi connectivity index (χ3v) is 6.62. The largest absolute Gasteiger partial charge is 0.496 e. The molecule has 0 N–H and O–H groups in total. The number of hydrogen-bond donors (Lipinski definition) is 0. The minimum absolute atomic E-state index is 0.0553. The van der Waals surface area contributed by atoms with Crippen molar-refractivity contribution in [2.45, 2.75) is 11.8 Å². The number of benzene rings is 3. The Morgan fingerprint density at radius 1 is 0.889 bits per heavy atom. The molecule has 4 heteroatoms. The van der Waals surface area contributed by atoms with E-state index in [9.17, 15) is 4.79 Å². The molecule has 0 saturated carbocycles. The van der Waals surface area contributed by atoms with Gasteiger partial charge in [-0.2, -0.15) is 0 Å². The first-order valence-corrected chi connectivity index (χ1v) is 11.9. The molecule has 2 nitrogen and oxygen atoms in total. The van der Waals surface area contributed by atoms with Gasteiger partial charge in [-0.25, -0.2) is 0 Å². The molecule has 0 aliphatic heterocycles. The number of fused-ring (bicyclic) bond motifs is 3. The van der Waals surface area contributed by atoms with Gasteiger partial charge in [0.15, 0.2) is 0 Å². The third-order valence-electron chi connectivity index (χ3n) is 4.75. The van der Waals surface area contributed by atoms with Crippen LogP contribution in [0.2, 0.25) is 0 Å². The number of hydrogen-bond acceptors (Lipinski definition) is 3. The van der Waals surface area contributed by atoms with Gasteiger partial charge in [0.2, 0.25) is 5.43 Å². The Morgan fingerprint density at radius 3 is 2.22 bits per heavy atom. The van der Waals surface area contributed by atoms with E-state index in [1.165, 1.54) is 8.93 Å². The van der Waals surface area contributed by atoms with E-state index in [-0.39, 0.29) is 5.43 Å². The molecule has 4 aromatic carbocycles. The van der Waals surface area contributed by atoms with Crippen LogP contribution in [-0.4, -0.2) is 7.11 Å². The van der Waals surface area contributed by atoms with Crippen molar-refractivity contribution in [2.75, 3.05) is 7.11 Å². The van der Waals surface area contributed by atoms with Crippen LogP contribution >= 0.6 is 30.1 Å². The fourth-order valence-corrected chi connectivity index (χ4v) is 5.34. The molecule has 0 aromatic heterocycles. The van der Waals surface area contributed by atoms with Crippen molar-refractivity contribution in [3.8, 4) is 16.9 Å². The van der Waals surface area contributed by atoms with Crippen molar-refractivity contribution in [1.82, 2.24) is 0 Å². The van der Waals surface area contributed by atoms with Gasteiger partial charge in [0.25, 0.3) is 0 Å². The molecule has 0 unspecified atom stereocenters. The molecule has 4 aromatic rings. The van der Waals surface area contributed by atoms with Gasteiger partial charge >= 0.3 is 0 Å². The molecule has 0 radical (unpaired) electrons. The SMILES string of the molecule is COc1cc(C)cc2c1c(-c1ccccc1)c(SI)c(=O)c1ccccc12. The minimum Gasteiger partial charge on any atom is -0.496 e. The molecule has 0 amide bonds. The zero-order chi connectivity index (χ0) is 19.0. The van der Waals surface area contributed by atoms with E-state index >= 15 is 0 Å². The van der Waals surface area contributed by atoms with E-state index in [1.54, 1.807) is 7.11 Å². The maximum absolute atomic E-state index is 13.5. The highest BCUT2D eigenvalue weighted by Crippen LogP contribution is 2.43. The Kier molecular flexibility index (Phi) is 5.10. The molecule has 0 atom stereocenters. The van der Waals surface area contributed by atoms with Crippen LogP contribution in [0.1, 0.15) is 5.56 Å². The zero-order valence-electron chi connectivity index (χ0n) is 15.0. The van der Waals surface area contributed by atoms with E-state index in [2.05, 4.69) is 46.3 Å². The normalized spacial score (nSPS) is 11.1. The van der Waals surface area contributed by atoms with E-state index in [0.29, 0.717) is 0 Å². The summed E-state index contributed by atoms with van der Waals surface area (Å²) < 4.78 is 5.79. The van der Waals surface area contributed by atoms with Crippen LogP contribution in [0.15, 0.2) is 76.4 Å². The lowest BCUT2D eigenvalue weighted by atomic mass is 9.98. The molecule has 0 fully saturated rings. The monoisotopic (exact) mass is 484 g/mol. The molecule has 0 spiro atoms. The fourth-order valence-electron chi connectivity index (χ4n) is 3.60. The summed E-state index contributed by atoms with van der Waals surface area (Å²) >= 11 is 2.21. The summed E-state index contributed by atoms with van der Waals surface area (Å²) in [7, 11) is 3.15. The van der Waals surface area contributed by atoms with Gasteiger partial charge in [-0.05, 0) is 43.8 Å². The van der Waals surface area contributed by atoms with Crippen LogP contribution in [0.4, 0.5) is 0 Å². The van der Waals surface area contributed by atoms with Crippen molar-refractivity contribution < 1.29 is 4.74 Å². The summed E-state index contributed by atoms with van der Waals surface area (Å²) in [6.07, 6.45) is 0. The first-order valence-electron chi connectivity index (χ1n) is 8.57. The standard InChI is InChI=1S/C23H17IO2S/c1-14-12-18-16-10-6-7-11-17(16)22(25)23(27-24)20(15-8-4-3-5-9-15)21(18)19(13-14)26-2/h3-13H,1-2H3. The Hall–Kier alpha value is -2.05. The number of ether oxygens (including phenoxy) is 1. The lowest BCUT2D eigenvalue weighted by Crippen LogP contribution is -2.01. The Bertz CT molecular complexity index is 1220. The molecule has 0 heterocycles. The smallest absolute Gasteiger partial charge is 0.201 e. The molecule has 0 bridgehead atoms. The molecule has 27 heavy (non-hydrogen) atoms. The van der Waals surface area contributed by atoms with Gasteiger partial charge in [-0.1, -0.05) is 60.7 Å². The van der Waals surface area contributed by atoms with Crippen molar-refractivity contribution in [3.05, 3.63) is 82.5 Å². The maximum Gasteiger partial charge on any atom is 0.201 e. The van der Waals surface area contributed by atoms with Crippen LogP contribution in [0.5, 0.6) is 5.75 Å². The third kappa shape index (κ3) is 3.11. The van der Waals surface area contributed by atoms with Crippen molar-refractivity contribution in [1.29, 1.82) is 0 Å². The predicted octanol–water partition coefficient (Wildman–Crippen LogP) is 6.78. The quantitative estimate of drug-likeness (QED) is 0.300. The summed E-state index contributed by atoms with van der Waals surface area (Å²) in [5, 5.41) is 3.70. The molecule has 4 rings (SSSR count). The van der Waals surface area contributed by atoms with Crippen LogP contribution in [0.25, 0.3) is 32.7 Å². The average Bonchev–Trinajstić information content (AvgIpc) is 2.81. The first-order chi connectivity index (χ1) is 13.2. The van der Waals surface area contributed by atoms with E-state index in [4.69, 9.17) is 4.74 Å². The van der Waals surface area contributed by atoms with Crippen LogP contribution in [0.3, 0.4) is 0 Å². The Morgan fingerprint density at radius 2 is 1.56 bits per heavy atom. The fraction of sp³-hybridized carbons (Fsp3) is 0.0870. The summed E-state index contributed by atoms with van der Waals surface area (Å²) in [5.41, 5.74) is 3.11. The van der Waals surface area contributed by atoms with Crippen molar-refractivity contribution in [2.24, 2.45) is 0 Å². The van der Waals surface area contributed by atoms with Crippen molar-refractivity contribution in [3.63, 3.8) is 0 Å². The zero-order valence-corrected chi connectivity index (χ0v) is 17.9. The minimum atomic E-state index is 0.0553. The summed E-state index contributed by atoms with van der Waals surface area (Å²) in [4.78, 5) is 14.2. The van der Waals surface area contributed by atoms with E-state index < -0.39 is 0 Å². The highest BCUT2D eigenvalue weighted by Gasteiger charge is 2.19. The van der Waals surface area contributed by atoms with Crippen molar-refractivity contribution >= 4 is 51.7 Å². The van der Waals surface area contributed by atoms with Gasteiger partial charge < -0.3 is 4.74 Å². The van der Waals surface area contributed by atoms with Crippen LogP contribution in [-0.2, 0) is 0 Å². The average molecular weight is 484 g/mol. The number of methoxy groups -OCH3 is 1. The number of aryl methyl sites for hydroxylation is 1. The van der Waals surface area contributed by atoms with E-state index in [0.717, 1.165) is 48.9 Å². The number of rotatable bonds is 3. The number of halogens is 1. The molecule has 0 saturated heterocycles. The van der Waals surface area contributed by atoms with Crippen LogP contribution < -0.4 is 10.2 Å². The van der Waals surface area contributed by atoms with Gasteiger partial charge in [0.05, 0.1) is 12.0 Å². The highest BCUT2D eigenvalue weighted by molar-refractivity contribution is 14.2. The molecular weight excluding hydrogens is 467 g/mol. The lowest BCUT2D eigenvalue weighted by molar-refractivity contribution is 0.419. The summed E-state index contributed by atoms with van der Waals surface area (Å²) in [6, 6.07) is 22.1. The Labute approximate surface area is 174 Å². The predicted molar refractivity (Wildman–Crippen MR) is 124 cm³/mol. The first kappa shape index (κ1) is 18.3.